The highest BCUT2D eigenvalue weighted by Crippen LogP contribution is 2.16. The van der Waals surface area contributed by atoms with Crippen molar-refractivity contribution in [3.05, 3.63) is 40.1 Å². The van der Waals surface area contributed by atoms with Crippen LogP contribution in [0.4, 0.5) is 0 Å². The third-order valence-corrected chi connectivity index (χ3v) is 2.79. The van der Waals surface area contributed by atoms with E-state index in [1.807, 2.05) is 31.2 Å². The number of hydrogen-bond donors (Lipinski definition) is 2. The van der Waals surface area contributed by atoms with Gasteiger partial charge in [-0.1, -0.05) is 28.1 Å². The first-order valence-electron chi connectivity index (χ1n) is 4.96. The van der Waals surface area contributed by atoms with Gasteiger partial charge in [0.05, 0.1) is 6.04 Å². The molecule has 2 N–H and O–H groups in total. The van der Waals surface area contributed by atoms with Crippen LogP contribution in [-0.2, 0) is 0 Å². The summed E-state index contributed by atoms with van der Waals surface area (Å²) in [6.07, 6.45) is 0. The fourth-order valence-corrected chi connectivity index (χ4v) is 1.62. The molecule has 88 valence electrons. The molecule has 6 nitrogen and oxygen atoms in total. The largest absolute Gasteiger partial charge is 0.343 e. The van der Waals surface area contributed by atoms with Gasteiger partial charge in [-0.3, -0.25) is 4.79 Å². The third kappa shape index (κ3) is 2.88. The van der Waals surface area contributed by atoms with Gasteiger partial charge < -0.3 is 5.32 Å². The molecule has 1 aromatic carbocycles. The van der Waals surface area contributed by atoms with Gasteiger partial charge in [0.25, 0.3) is 11.7 Å². The van der Waals surface area contributed by atoms with Gasteiger partial charge >= 0.3 is 0 Å². The molecule has 2 rings (SSSR count). The molecular formula is C10H10BrN5O. The van der Waals surface area contributed by atoms with Crippen LogP contribution >= 0.6 is 15.9 Å². The van der Waals surface area contributed by atoms with Gasteiger partial charge in [0, 0.05) is 4.47 Å². The molecular weight excluding hydrogens is 286 g/mol. The average molecular weight is 296 g/mol. The zero-order valence-electron chi connectivity index (χ0n) is 9.01. The second kappa shape index (κ2) is 5.05. The van der Waals surface area contributed by atoms with Crippen molar-refractivity contribution in [3.8, 4) is 0 Å². The first-order chi connectivity index (χ1) is 8.16. The Kier molecular flexibility index (Phi) is 3.48. The van der Waals surface area contributed by atoms with Crippen molar-refractivity contribution >= 4 is 21.8 Å². The molecule has 1 heterocycles. The molecule has 0 aliphatic rings. The van der Waals surface area contributed by atoms with E-state index in [0.29, 0.717) is 0 Å². The smallest absolute Gasteiger partial charge is 0.293 e. The summed E-state index contributed by atoms with van der Waals surface area (Å²) in [4.78, 5) is 11.7. The summed E-state index contributed by atoms with van der Waals surface area (Å²) in [5.74, 6) is -0.317. The van der Waals surface area contributed by atoms with Gasteiger partial charge in [-0.25, -0.2) is 0 Å². The van der Waals surface area contributed by atoms with Crippen molar-refractivity contribution in [3.63, 3.8) is 0 Å². The highest BCUT2D eigenvalue weighted by atomic mass is 79.9. The van der Waals surface area contributed by atoms with Crippen LogP contribution in [0.1, 0.15) is 29.1 Å². The van der Waals surface area contributed by atoms with Crippen molar-refractivity contribution < 1.29 is 4.79 Å². The molecule has 0 radical (unpaired) electrons. The number of nitrogens with one attached hydrogen (secondary N) is 2. The minimum atomic E-state index is -0.353. The summed E-state index contributed by atoms with van der Waals surface area (Å²) in [6, 6.07) is 7.60. The minimum absolute atomic E-state index is 0.0361. The van der Waals surface area contributed by atoms with Crippen LogP contribution in [0.5, 0.6) is 0 Å². The van der Waals surface area contributed by atoms with Crippen LogP contribution in [-0.4, -0.2) is 26.5 Å². The number of aromatic amines is 1. The van der Waals surface area contributed by atoms with Crippen LogP contribution in [0.25, 0.3) is 0 Å². The van der Waals surface area contributed by atoms with E-state index in [2.05, 4.69) is 41.9 Å². The first kappa shape index (κ1) is 11.7. The summed E-state index contributed by atoms with van der Waals surface area (Å²) >= 11 is 3.36. The van der Waals surface area contributed by atoms with E-state index < -0.39 is 0 Å². The maximum Gasteiger partial charge on any atom is 0.293 e. The van der Waals surface area contributed by atoms with Crippen LogP contribution < -0.4 is 5.32 Å². The number of amides is 1. The fraction of sp³-hybridized carbons (Fsp3) is 0.200. The Morgan fingerprint density at radius 2 is 2.12 bits per heavy atom. The quantitative estimate of drug-likeness (QED) is 0.898. The normalized spacial score (nSPS) is 12.1. The average Bonchev–Trinajstić information content (AvgIpc) is 2.83. The third-order valence-electron chi connectivity index (χ3n) is 2.27. The Balaban J connectivity index is 2.04. The predicted octanol–water partition coefficient (Wildman–Crippen LogP) is 1.45. The lowest BCUT2D eigenvalue weighted by Crippen LogP contribution is -2.27. The molecule has 1 unspecified atom stereocenters. The van der Waals surface area contributed by atoms with Gasteiger partial charge in [-0.2, -0.15) is 5.21 Å². The molecule has 0 fully saturated rings. The summed E-state index contributed by atoms with van der Waals surface area (Å²) in [6.45, 7) is 1.89. The van der Waals surface area contributed by atoms with E-state index >= 15 is 0 Å². The predicted molar refractivity (Wildman–Crippen MR) is 64.2 cm³/mol. The molecule has 17 heavy (non-hydrogen) atoms. The monoisotopic (exact) mass is 295 g/mol. The van der Waals surface area contributed by atoms with Crippen molar-refractivity contribution in [2.24, 2.45) is 0 Å². The van der Waals surface area contributed by atoms with E-state index in [1.165, 1.54) is 0 Å². The highest BCUT2D eigenvalue weighted by Gasteiger charge is 2.14. The topological polar surface area (TPSA) is 83.6 Å². The molecule has 0 saturated carbocycles. The van der Waals surface area contributed by atoms with E-state index in [1.54, 1.807) is 0 Å². The number of carbonyl (C=O) groups is 1. The molecule has 0 spiro atoms. The van der Waals surface area contributed by atoms with Gasteiger partial charge in [0.2, 0.25) is 0 Å². The number of tetrazole rings is 1. The lowest BCUT2D eigenvalue weighted by Gasteiger charge is -2.12. The van der Waals surface area contributed by atoms with Crippen molar-refractivity contribution in [1.82, 2.24) is 25.9 Å². The number of aromatic nitrogens is 4. The van der Waals surface area contributed by atoms with Gasteiger partial charge in [0.1, 0.15) is 0 Å². The lowest BCUT2D eigenvalue weighted by atomic mass is 10.1. The molecule has 2 aromatic rings. The van der Waals surface area contributed by atoms with E-state index in [0.717, 1.165) is 10.0 Å². The molecule has 0 bridgehead atoms. The molecule has 7 heteroatoms. The van der Waals surface area contributed by atoms with E-state index in [4.69, 9.17) is 0 Å². The Bertz CT molecular complexity index is 496. The molecule has 1 atom stereocenters. The molecule has 0 saturated heterocycles. The standard InChI is InChI=1S/C10H10BrN5O/c1-6(7-2-4-8(11)5-3-7)12-10(17)9-13-15-16-14-9/h2-6H,1H3,(H,12,17)(H,13,14,15,16). The zero-order chi connectivity index (χ0) is 12.3. The molecule has 1 amide bonds. The van der Waals surface area contributed by atoms with Gasteiger partial charge in [-0.05, 0) is 29.8 Å². The molecule has 0 aliphatic carbocycles. The van der Waals surface area contributed by atoms with Crippen molar-refractivity contribution in [1.29, 1.82) is 0 Å². The Hall–Kier alpha value is -1.76. The Labute approximate surface area is 106 Å². The van der Waals surface area contributed by atoms with Crippen LogP contribution in [0.3, 0.4) is 0 Å². The first-order valence-corrected chi connectivity index (χ1v) is 5.76. The fourth-order valence-electron chi connectivity index (χ4n) is 1.35. The number of nitrogens with zero attached hydrogens (tertiary/aromatic N) is 3. The van der Waals surface area contributed by atoms with Crippen molar-refractivity contribution in [2.45, 2.75) is 13.0 Å². The lowest BCUT2D eigenvalue weighted by molar-refractivity contribution is 0.0929. The Morgan fingerprint density at radius 1 is 1.41 bits per heavy atom. The number of H-pyrrole nitrogens is 1. The van der Waals surface area contributed by atoms with E-state index in [-0.39, 0.29) is 17.8 Å². The Morgan fingerprint density at radius 3 is 2.71 bits per heavy atom. The zero-order valence-corrected chi connectivity index (χ0v) is 10.6. The minimum Gasteiger partial charge on any atom is -0.343 e. The molecule has 1 aromatic heterocycles. The number of halogens is 1. The maximum absolute atomic E-state index is 11.7. The van der Waals surface area contributed by atoms with Crippen LogP contribution in [0.15, 0.2) is 28.7 Å². The number of hydrogen-bond acceptors (Lipinski definition) is 4. The van der Waals surface area contributed by atoms with Crippen molar-refractivity contribution in [2.75, 3.05) is 0 Å². The van der Waals surface area contributed by atoms with E-state index in [9.17, 15) is 4.79 Å². The van der Waals surface area contributed by atoms with Crippen LogP contribution in [0, 0.1) is 0 Å². The summed E-state index contributed by atoms with van der Waals surface area (Å²) in [5.41, 5.74) is 1.00. The second-order valence-corrected chi connectivity index (χ2v) is 4.40. The highest BCUT2D eigenvalue weighted by molar-refractivity contribution is 9.10. The number of rotatable bonds is 3. The summed E-state index contributed by atoms with van der Waals surface area (Å²) in [5, 5.41) is 15.6. The van der Waals surface area contributed by atoms with Gasteiger partial charge in [0.15, 0.2) is 0 Å². The second-order valence-electron chi connectivity index (χ2n) is 3.48. The maximum atomic E-state index is 11.7. The SMILES string of the molecule is CC(NC(=O)c1nn[nH]n1)c1ccc(Br)cc1. The van der Waals surface area contributed by atoms with Crippen LogP contribution in [0.2, 0.25) is 0 Å². The molecule has 0 aliphatic heterocycles. The summed E-state index contributed by atoms with van der Waals surface area (Å²) in [7, 11) is 0. The van der Waals surface area contributed by atoms with Gasteiger partial charge in [-0.15, -0.1) is 10.2 Å². The number of carbonyl (C=O) groups excluding carboxylic acids is 1. The summed E-state index contributed by atoms with van der Waals surface area (Å²) < 4.78 is 0.998. The number of benzene rings is 1.